The highest BCUT2D eigenvalue weighted by molar-refractivity contribution is 5.93. The number of guanidine groups is 2. The van der Waals surface area contributed by atoms with Crippen LogP contribution in [0.25, 0.3) is 10.9 Å². The van der Waals surface area contributed by atoms with E-state index in [1.54, 1.807) is 6.20 Å². The van der Waals surface area contributed by atoms with Crippen LogP contribution in [0.5, 0.6) is 0 Å². The summed E-state index contributed by atoms with van der Waals surface area (Å²) < 4.78 is 0. The first-order valence-electron chi connectivity index (χ1n) is 14.4. The van der Waals surface area contributed by atoms with Crippen molar-refractivity contribution in [3.63, 3.8) is 0 Å². The number of fused-ring (bicyclic) bond motifs is 1. The number of aliphatic imine (C=N–C) groups is 2. The Morgan fingerprint density at radius 2 is 1.48 bits per heavy atom. The van der Waals surface area contributed by atoms with E-state index in [-0.39, 0.29) is 37.3 Å². The molecule has 2 aromatic rings. The standard InChI is InChI=1S/C28H45N11O5/c1-16(2)37-21(10-6-12-34-28(31)32)25(42)39-20(9-5-11-33-27(29)30)24(41)36-15-23(40)38-22(26(43)44)13-17-14-35-19-8-4-3-7-18(17)19/h3-4,7-8,14,16,20-22,35,37H,5-6,9-13,15H2,1-2H3,(H,36,41)(H,38,40)(H,39,42)(H,43,44)(H4,29,30,33)(H4,31,32,34). The third kappa shape index (κ3) is 12.6. The van der Waals surface area contributed by atoms with Crippen molar-refractivity contribution < 1.29 is 24.3 Å². The molecular formula is C28H45N11O5. The fourth-order valence-corrected chi connectivity index (χ4v) is 4.50. The van der Waals surface area contributed by atoms with Crippen molar-refractivity contribution in [2.45, 2.75) is 70.1 Å². The highest BCUT2D eigenvalue weighted by atomic mass is 16.4. The molecule has 242 valence electrons. The van der Waals surface area contributed by atoms with Gasteiger partial charge in [0.2, 0.25) is 17.7 Å². The Labute approximate surface area is 255 Å². The van der Waals surface area contributed by atoms with Crippen LogP contribution in [-0.4, -0.2) is 89.5 Å². The molecule has 0 fully saturated rings. The molecule has 1 aromatic carbocycles. The van der Waals surface area contributed by atoms with Gasteiger partial charge in [0, 0.05) is 42.7 Å². The number of carboxylic acids is 1. The lowest BCUT2D eigenvalue weighted by molar-refractivity contribution is -0.141. The summed E-state index contributed by atoms with van der Waals surface area (Å²) in [6, 6.07) is 4.51. The van der Waals surface area contributed by atoms with Crippen LogP contribution in [0, 0.1) is 0 Å². The molecule has 0 spiro atoms. The highest BCUT2D eigenvalue weighted by Gasteiger charge is 2.27. The summed E-state index contributed by atoms with van der Waals surface area (Å²) in [6.07, 6.45) is 3.19. The van der Waals surface area contributed by atoms with Crippen LogP contribution < -0.4 is 44.2 Å². The lowest BCUT2D eigenvalue weighted by Gasteiger charge is -2.24. The number of carbonyl (C=O) groups excluding carboxylic acids is 3. The number of carbonyl (C=O) groups is 4. The van der Waals surface area contributed by atoms with E-state index in [0.29, 0.717) is 25.8 Å². The summed E-state index contributed by atoms with van der Waals surface area (Å²) in [6.45, 7) is 3.83. The number of para-hydroxylation sites is 1. The molecule has 3 amide bonds. The molecule has 2 rings (SSSR count). The largest absolute Gasteiger partial charge is 0.480 e. The minimum Gasteiger partial charge on any atom is -0.480 e. The number of aliphatic carboxylic acids is 1. The number of nitrogens with zero attached hydrogens (tertiary/aromatic N) is 2. The van der Waals surface area contributed by atoms with Gasteiger partial charge < -0.3 is 54.3 Å². The van der Waals surface area contributed by atoms with Gasteiger partial charge in [-0.2, -0.15) is 0 Å². The number of nitrogens with two attached hydrogens (primary N) is 4. The van der Waals surface area contributed by atoms with E-state index < -0.39 is 48.4 Å². The second-order valence-electron chi connectivity index (χ2n) is 10.6. The third-order valence-corrected chi connectivity index (χ3v) is 6.53. The van der Waals surface area contributed by atoms with Crippen molar-refractivity contribution in [2.75, 3.05) is 19.6 Å². The van der Waals surface area contributed by atoms with Gasteiger partial charge in [0.1, 0.15) is 12.1 Å². The first-order chi connectivity index (χ1) is 20.9. The lowest BCUT2D eigenvalue weighted by Crippen LogP contribution is -2.55. The minimum absolute atomic E-state index is 0.0295. The number of H-pyrrole nitrogens is 1. The first kappa shape index (κ1) is 35.3. The van der Waals surface area contributed by atoms with Gasteiger partial charge in [-0.3, -0.25) is 24.4 Å². The van der Waals surface area contributed by atoms with Gasteiger partial charge in [-0.1, -0.05) is 32.0 Å². The van der Waals surface area contributed by atoms with E-state index in [4.69, 9.17) is 22.9 Å². The van der Waals surface area contributed by atoms with Gasteiger partial charge in [0.25, 0.3) is 0 Å². The maximum Gasteiger partial charge on any atom is 0.326 e. The molecule has 0 radical (unpaired) electrons. The Kier molecular flexibility index (Phi) is 14.4. The number of benzene rings is 1. The summed E-state index contributed by atoms with van der Waals surface area (Å²) in [5, 5.41) is 21.5. The highest BCUT2D eigenvalue weighted by Crippen LogP contribution is 2.19. The van der Waals surface area contributed by atoms with E-state index in [0.717, 1.165) is 16.5 Å². The van der Waals surface area contributed by atoms with E-state index >= 15 is 0 Å². The average Bonchev–Trinajstić information content (AvgIpc) is 3.36. The summed E-state index contributed by atoms with van der Waals surface area (Å²) in [7, 11) is 0. The molecule has 44 heavy (non-hydrogen) atoms. The fraction of sp³-hybridized carbons (Fsp3) is 0.500. The van der Waals surface area contributed by atoms with Gasteiger partial charge in [0.05, 0.1) is 12.6 Å². The molecule has 16 heteroatoms. The molecule has 3 unspecified atom stereocenters. The van der Waals surface area contributed by atoms with Crippen LogP contribution in [0.2, 0.25) is 0 Å². The average molecular weight is 616 g/mol. The summed E-state index contributed by atoms with van der Waals surface area (Å²) >= 11 is 0. The Morgan fingerprint density at radius 1 is 0.864 bits per heavy atom. The number of hydrogen-bond acceptors (Lipinski definition) is 7. The number of rotatable bonds is 19. The number of amides is 3. The van der Waals surface area contributed by atoms with Crippen molar-refractivity contribution in [1.29, 1.82) is 0 Å². The van der Waals surface area contributed by atoms with Crippen molar-refractivity contribution in [2.24, 2.45) is 32.9 Å². The van der Waals surface area contributed by atoms with Crippen LogP contribution in [0.3, 0.4) is 0 Å². The zero-order chi connectivity index (χ0) is 32.6. The van der Waals surface area contributed by atoms with Crippen molar-refractivity contribution in [3.8, 4) is 0 Å². The Hall–Kier alpha value is -4.86. The van der Waals surface area contributed by atoms with Gasteiger partial charge in [0.15, 0.2) is 11.9 Å². The van der Waals surface area contributed by atoms with Gasteiger partial charge in [-0.25, -0.2) is 4.79 Å². The molecule has 0 saturated heterocycles. The van der Waals surface area contributed by atoms with Crippen LogP contribution in [-0.2, 0) is 25.6 Å². The maximum absolute atomic E-state index is 13.2. The Morgan fingerprint density at radius 3 is 2.07 bits per heavy atom. The fourth-order valence-electron chi connectivity index (χ4n) is 4.50. The molecule has 0 aliphatic carbocycles. The molecule has 1 aromatic heterocycles. The van der Waals surface area contributed by atoms with E-state index in [2.05, 4.69) is 36.2 Å². The molecule has 16 nitrogen and oxygen atoms in total. The van der Waals surface area contributed by atoms with Crippen LogP contribution >= 0.6 is 0 Å². The van der Waals surface area contributed by atoms with Crippen molar-refractivity contribution in [3.05, 3.63) is 36.0 Å². The van der Waals surface area contributed by atoms with Gasteiger partial charge in [-0.05, 0) is 37.3 Å². The van der Waals surface area contributed by atoms with Crippen LogP contribution in [0.15, 0.2) is 40.4 Å². The molecule has 0 aliphatic heterocycles. The van der Waals surface area contributed by atoms with Crippen LogP contribution in [0.4, 0.5) is 0 Å². The summed E-state index contributed by atoms with van der Waals surface area (Å²) in [5.41, 5.74) is 23.1. The van der Waals surface area contributed by atoms with E-state index in [9.17, 15) is 24.3 Å². The number of aromatic nitrogens is 1. The Balaban J connectivity index is 2.04. The van der Waals surface area contributed by atoms with Crippen molar-refractivity contribution in [1.82, 2.24) is 26.3 Å². The molecule has 0 saturated carbocycles. The maximum atomic E-state index is 13.2. The number of carboxylic acid groups (broad SMARTS) is 1. The predicted octanol–water partition coefficient (Wildman–Crippen LogP) is -1.65. The van der Waals surface area contributed by atoms with Crippen LogP contribution in [0.1, 0.15) is 45.1 Å². The number of hydrogen-bond donors (Lipinski definition) is 10. The molecule has 0 aliphatic rings. The quantitative estimate of drug-likeness (QED) is 0.0488. The van der Waals surface area contributed by atoms with Gasteiger partial charge >= 0.3 is 5.97 Å². The summed E-state index contributed by atoms with van der Waals surface area (Å²) in [5.74, 6) is -3.10. The molecule has 14 N–H and O–H groups in total. The normalized spacial score (nSPS) is 13.0. The topological polar surface area (TPSA) is 281 Å². The SMILES string of the molecule is CC(C)NC(CCCN=C(N)N)C(=O)NC(CCCN=C(N)N)C(=O)NCC(=O)NC(Cc1c[nH]c2ccccc12)C(=O)O. The zero-order valence-electron chi connectivity index (χ0n) is 25.1. The smallest absolute Gasteiger partial charge is 0.326 e. The monoisotopic (exact) mass is 615 g/mol. The van der Waals surface area contributed by atoms with E-state index in [1.165, 1.54) is 0 Å². The van der Waals surface area contributed by atoms with Gasteiger partial charge in [-0.15, -0.1) is 0 Å². The number of nitrogens with one attached hydrogen (secondary N) is 5. The van der Waals surface area contributed by atoms with Crippen molar-refractivity contribution >= 4 is 46.5 Å². The Bertz CT molecular complexity index is 1320. The van der Waals surface area contributed by atoms with E-state index in [1.807, 2.05) is 38.1 Å². The second kappa shape index (κ2) is 17.9. The molecule has 3 atom stereocenters. The molecule has 0 bridgehead atoms. The first-order valence-corrected chi connectivity index (χ1v) is 14.4. The second-order valence-corrected chi connectivity index (χ2v) is 10.6. The summed E-state index contributed by atoms with van der Waals surface area (Å²) in [4.78, 5) is 61.9. The zero-order valence-corrected chi connectivity index (χ0v) is 25.1. The minimum atomic E-state index is -1.23. The predicted molar refractivity (Wildman–Crippen MR) is 168 cm³/mol. The molecular weight excluding hydrogens is 570 g/mol. The lowest BCUT2D eigenvalue weighted by atomic mass is 10.0. The third-order valence-electron chi connectivity index (χ3n) is 6.53. The molecule has 1 heterocycles. The number of aromatic amines is 1.